The normalized spacial score (nSPS) is 10.3. The molecule has 0 radical (unpaired) electrons. The Kier molecular flexibility index (Phi) is 4.72. The molecular weight excluding hydrogens is 288 g/mol. The van der Waals surface area contributed by atoms with E-state index in [-0.39, 0.29) is 19.1 Å². The van der Waals surface area contributed by atoms with Crippen molar-refractivity contribution in [3.63, 3.8) is 0 Å². The maximum absolute atomic E-state index is 11.8. The number of rotatable bonds is 6. The molecule has 1 heterocycles. The number of carbonyl (C=O) groups excluding carboxylic acids is 1. The molecule has 116 valence electrons. The minimum atomic E-state index is -1.04. The largest absolute Gasteiger partial charge is 0.483 e. The van der Waals surface area contributed by atoms with Gasteiger partial charge in [0.15, 0.2) is 6.61 Å². The van der Waals surface area contributed by atoms with Gasteiger partial charge < -0.3 is 9.84 Å². The Balaban J connectivity index is 1.89. The van der Waals surface area contributed by atoms with Crippen molar-refractivity contribution in [2.75, 3.05) is 11.9 Å². The Labute approximate surface area is 126 Å². The number of aryl methyl sites for hydroxylation is 2. The highest BCUT2D eigenvalue weighted by Gasteiger charge is 2.09. The molecule has 1 amide bonds. The fourth-order valence-electron chi connectivity index (χ4n) is 1.73. The van der Waals surface area contributed by atoms with Crippen LogP contribution in [-0.4, -0.2) is 38.4 Å². The van der Waals surface area contributed by atoms with Crippen LogP contribution in [0, 0.1) is 13.8 Å². The fraction of sp³-hybridized carbons (Fsp3) is 0.286. The van der Waals surface area contributed by atoms with Crippen LogP contribution >= 0.6 is 0 Å². The smallest absolute Gasteiger partial charge is 0.325 e. The quantitative estimate of drug-likeness (QED) is 0.824. The third-order valence-electron chi connectivity index (χ3n) is 2.79. The molecule has 2 rings (SSSR count). The molecule has 8 nitrogen and oxygen atoms in total. The molecule has 0 bridgehead atoms. The Bertz CT molecular complexity index is 696. The Hall–Kier alpha value is -2.90. The van der Waals surface area contributed by atoms with E-state index in [4.69, 9.17) is 9.84 Å². The molecule has 0 fully saturated rings. The molecule has 2 N–H and O–H groups in total. The van der Waals surface area contributed by atoms with E-state index < -0.39 is 11.9 Å². The van der Waals surface area contributed by atoms with Gasteiger partial charge in [0.25, 0.3) is 5.91 Å². The number of benzene rings is 1. The lowest BCUT2D eigenvalue weighted by Crippen LogP contribution is -2.21. The summed E-state index contributed by atoms with van der Waals surface area (Å²) in [5.41, 5.74) is 1.97. The number of hydrogen-bond donors (Lipinski definition) is 2. The molecule has 2 aromatic rings. The van der Waals surface area contributed by atoms with Gasteiger partial charge in [-0.3, -0.25) is 14.9 Å². The summed E-state index contributed by atoms with van der Waals surface area (Å²) in [6.45, 7) is 3.33. The average Bonchev–Trinajstić information content (AvgIpc) is 2.86. The van der Waals surface area contributed by atoms with Crippen molar-refractivity contribution in [3.05, 3.63) is 35.7 Å². The molecule has 0 aliphatic rings. The molecule has 0 saturated heterocycles. The van der Waals surface area contributed by atoms with Crippen molar-refractivity contribution in [2.45, 2.75) is 20.4 Å². The van der Waals surface area contributed by atoms with Crippen LogP contribution in [0.4, 0.5) is 5.95 Å². The zero-order valence-corrected chi connectivity index (χ0v) is 12.2. The summed E-state index contributed by atoms with van der Waals surface area (Å²) in [5.74, 6) is -0.787. The average molecular weight is 304 g/mol. The summed E-state index contributed by atoms with van der Waals surface area (Å²) in [7, 11) is 0. The zero-order chi connectivity index (χ0) is 16.1. The molecule has 1 aromatic heterocycles. The van der Waals surface area contributed by atoms with Crippen LogP contribution in [0.15, 0.2) is 24.5 Å². The monoisotopic (exact) mass is 304 g/mol. The van der Waals surface area contributed by atoms with E-state index in [1.165, 1.54) is 6.33 Å². The van der Waals surface area contributed by atoms with Crippen molar-refractivity contribution in [1.82, 2.24) is 14.8 Å². The number of carboxylic acids is 1. The first-order valence-electron chi connectivity index (χ1n) is 6.55. The molecule has 0 aliphatic carbocycles. The van der Waals surface area contributed by atoms with Gasteiger partial charge in [-0.25, -0.2) is 9.67 Å². The second-order valence-electron chi connectivity index (χ2n) is 4.77. The molecule has 8 heteroatoms. The summed E-state index contributed by atoms with van der Waals surface area (Å²) >= 11 is 0. The molecule has 22 heavy (non-hydrogen) atoms. The highest BCUT2D eigenvalue weighted by atomic mass is 16.5. The lowest BCUT2D eigenvalue weighted by atomic mass is 10.1. The lowest BCUT2D eigenvalue weighted by molar-refractivity contribution is -0.137. The predicted octanol–water partition coefficient (Wildman–Crippen LogP) is 0.997. The maximum Gasteiger partial charge on any atom is 0.325 e. The molecule has 0 unspecified atom stereocenters. The van der Waals surface area contributed by atoms with Gasteiger partial charge in [-0.1, -0.05) is 12.1 Å². The minimum Gasteiger partial charge on any atom is -0.483 e. The van der Waals surface area contributed by atoms with Crippen LogP contribution in [0.25, 0.3) is 0 Å². The molecule has 0 aliphatic heterocycles. The second kappa shape index (κ2) is 6.70. The molecular formula is C14H16N4O4. The van der Waals surface area contributed by atoms with Gasteiger partial charge >= 0.3 is 5.97 Å². The first-order valence-corrected chi connectivity index (χ1v) is 6.55. The molecule has 0 saturated carbocycles. The number of carbonyl (C=O) groups is 2. The minimum absolute atomic E-state index is 0.0378. The van der Waals surface area contributed by atoms with E-state index in [9.17, 15) is 9.59 Å². The second-order valence-corrected chi connectivity index (χ2v) is 4.77. The Morgan fingerprint density at radius 1 is 1.36 bits per heavy atom. The van der Waals surface area contributed by atoms with E-state index >= 15 is 0 Å². The summed E-state index contributed by atoms with van der Waals surface area (Å²) in [4.78, 5) is 26.1. The highest BCUT2D eigenvalue weighted by molar-refractivity contribution is 5.90. The number of ether oxygens (including phenoxy) is 1. The van der Waals surface area contributed by atoms with Gasteiger partial charge in [0.1, 0.15) is 18.6 Å². The standard InChI is InChI=1S/C14H16N4O4/c1-9-3-4-10(2)11(5-9)22-7-12(19)16-14-15-8-18(17-14)6-13(20)21/h3-5,8H,6-7H2,1-2H3,(H,20,21)(H,16,17,19). The summed E-state index contributed by atoms with van der Waals surface area (Å²) in [6.07, 6.45) is 1.23. The van der Waals surface area contributed by atoms with Crippen LogP contribution in [-0.2, 0) is 16.1 Å². The van der Waals surface area contributed by atoms with Crippen molar-refractivity contribution in [2.24, 2.45) is 0 Å². The Morgan fingerprint density at radius 2 is 2.14 bits per heavy atom. The third kappa shape index (κ3) is 4.30. The number of nitrogens with zero attached hydrogens (tertiary/aromatic N) is 3. The number of aliphatic carboxylic acids is 1. The van der Waals surface area contributed by atoms with Gasteiger partial charge in [-0.05, 0) is 31.0 Å². The molecule has 0 atom stereocenters. The van der Waals surface area contributed by atoms with Gasteiger partial charge in [0, 0.05) is 0 Å². The zero-order valence-electron chi connectivity index (χ0n) is 12.2. The molecule has 1 aromatic carbocycles. The number of hydrogen-bond acceptors (Lipinski definition) is 5. The first-order chi connectivity index (χ1) is 10.4. The van der Waals surface area contributed by atoms with E-state index in [1.807, 2.05) is 32.0 Å². The van der Waals surface area contributed by atoms with E-state index in [0.29, 0.717) is 5.75 Å². The number of carboxylic acid groups (broad SMARTS) is 1. The summed E-state index contributed by atoms with van der Waals surface area (Å²) < 4.78 is 6.57. The van der Waals surface area contributed by atoms with E-state index in [1.54, 1.807) is 0 Å². The van der Waals surface area contributed by atoms with Crippen LogP contribution in [0.2, 0.25) is 0 Å². The topological polar surface area (TPSA) is 106 Å². The van der Waals surface area contributed by atoms with Crippen LogP contribution in [0.1, 0.15) is 11.1 Å². The molecule has 0 spiro atoms. The van der Waals surface area contributed by atoms with Crippen molar-refractivity contribution < 1.29 is 19.4 Å². The van der Waals surface area contributed by atoms with Crippen LogP contribution in [0.3, 0.4) is 0 Å². The van der Waals surface area contributed by atoms with Crippen molar-refractivity contribution in [1.29, 1.82) is 0 Å². The van der Waals surface area contributed by atoms with E-state index in [2.05, 4.69) is 15.4 Å². The number of amides is 1. The summed E-state index contributed by atoms with van der Waals surface area (Å²) in [6, 6.07) is 5.72. The number of aromatic nitrogens is 3. The van der Waals surface area contributed by atoms with E-state index in [0.717, 1.165) is 15.8 Å². The lowest BCUT2D eigenvalue weighted by Gasteiger charge is -2.09. The predicted molar refractivity (Wildman–Crippen MR) is 77.7 cm³/mol. The van der Waals surface area contributed by atoms with Crippen LogP contribution < -0.4 is 10.1 Å². The number of nitrogens with one attached hydrogen (secondary N) is 1. The SMILES string of the molecule is Cc1ccc(C)c(OCC(=O)Nc2ncn(CC(=O)O)n2)c1. The van der Waals surface area contributed by atoms with Gasteiger partial charge in [0.05, 0.1) is 0 Å². The van der Waals surface area contributed by atoms with Gasteiger partial charge in [-0.15, -0.1) is 5.10 Å². The van der Waals surface area contributed by atoms with Gasteiger partial charge in [0.2, 0.25) is 5.95 Å². The maximum atomic E-state index is 11.8. The summed E-state index contributed by atoms with van der Waals surface area (Å²) in [5, 5.41) is 14.9. The highest BCUT2D eigenvalue weighted by Crippen LogP contribution is 2.18. The van der Waals surface area contributed by atoms with Crippen molar-refractivity contribution >= 4 is 17.8 Å². The van der Waals surface area contributed by atoms with Gasteiger partial charge in [-0.2, -0.15) is 0 Å². The van der Waals surface area contributed by atoms with Crippen molar-refractivity contribution in [3.8, 4) is 5.75 Å². The Morgan fingerprint density at radius 3 is 2.86 bits per heavy atom. The third-order valence-corrected chi connectivity index (χ3v) is 2.79. The fourth-order valence-corrected chi connectivity index (χ4v) is 1.73. The first kappa shape index (κ1) is 15.5. The van der Waals surface area contributed by atoms with Crippen LogP contribution in [0.5, 0.6) is 5.75 Å². The number of anilines is 1.